The van der Waals surface area contributed by atoms with Crippen LogP contribution in [0, 0.1) is 11.3 Å². The summed E-state index contributed by atoms with van der Waals surface area (Å²) < 4.78 is 20.3. The molecule has 0 aromatic carbocycles. The number of hydrogen-bond donors (Lipinski definition) is 0. The van der Waals surface area contributed by atoms with E-state index in [4.69, 9.17) is 24.2 Å². The second kappa shape index (κ2) is 13.3. The van der Waals surface area contributed by atoms with E-state index in [0.29, 0.717) is 52.7 Å². The normalized spacial score (nSPS) is 10.1. The molecule has 0 aliphatic carbocycles. The lowest BCUT2D eigenvalue weighted by Crippen LogP contribution is -2.11. The van der Waals surface area contributed by atoms with Crippen molar-refractivity contribution in [1.29, 1.82) is 5.26 Å². The van der Waals surface area contributed by atoms with E-state index in [2.05, 4.69) is 0 Å². The maximum atomic E-state index is 8.22. The maximum Gasteiger partial charge on any atom is 0.0701 e. The number of ether oxygens (including phenoxy) is 4. The summed E-state index contributed by atoms with van der Waals surface area (Å²) in [6.07, 6.45) is 0.431. The highest BCUT2D eigenvalue weighted by Crippen LogP contribution is 1.83. The summed E-state index contributed by atoms with van der Waals surface area (Å²) in [5.41, 5.74) is 0. The van der Waals surface area contributed by atoms with Crippen molar-refractivity contribution < 1.29 is 18.9 Å². The molecule has 0 saturated carbocycles. The van der Waals surface area contributed by atoms with Gasteiger partial charge < -0.3 is 18.9 Å². The molecule has 15 heavy (non-hydrogen) atoms. The van der Waals surface area contributed by atoms with Crippen molar-refractivity contribution in [3.8, 4) is 6.07 Å². The lowest BCUT2D eigenvalue weighted by molar-refractivity contribution is 0.00437. The molecule has 5 heteroatoms. The lowest BCUT2D eigenvalue weighted by Gasteiger charge is -2.05. The van der Waals surface area contributed by atoms with E-state index >= 15 is 0 Å². The zero-order chi connectivity index (χ0) is 11.2. The summed E-state index contributed by atoms with van der Waals surface area (Å²) in [4.78, 5) is 0. The van der Waals surface area contributed by atoms with Crippen LogP contribution in [0.25, 0.3) is 0 Å². The van der Waals surface area contributed by atoms with Crippen LogP contribution >= 0.6 is 0 Å². The largest absolute Gasteiger partial charge is 0.382 e. The summed E-state index contributed by atoms with van der Waals surface area (Å²) in [5, 5.41) is 8.22. The van der Waals surface area contributed by atoms with Crippen molar-refractivity contribution in [2.75, 3.05) is 53.4 Å². The number of nitrogens with zero attached hydrogens (tertiary/aromatic N) is 1. The Bertz CT molecular complexity index is 158. The molecular weight excluding hydrogens is 198 g/mol. The highest BCUT2D eigenvalue weighted by Gasteiger charge is 1.91. The van der Waals surface area contributed by atoms with Gasteiger partial charge in [-0.1, -0.05) is 0 Å². The molecule has 0 aromatic heterocycles. The lowest BCUT2D eigenvalue weighted by atomic mass is 10.5. The monoisotopic (exact) mass is 217 g/mol. The van der Waals surface area contributed by atoms with Crippen LogP contribution < -0.4 is 0 Å². The van der Waals surface area contributed by atoms with Gasteiger partial charge >= 0.3 is 0 Å². The molecule has 0 amide bonds. The van der Waals surface area contributed by atoms with Gasteiger partial charge in [0.25, 0.3) is 0 Å². The highest BCUT2D eigenvalue weighted by atomic mass is 16.6. The van der Waals surface area contributed by atoms with E-state index in [1.807, 2.05) is 6.07 Å². The van der Waals surface area contributed by atoms with E-state index in [1.165, 1.54) is 0 Å². The van der Waals surface area contributed by atoms with Gasteiger partial charge in [0.1, 0.15) is 0 Å². The number of methoxy groups -OCH3 is 1. The molecule has 0 atom stereocenters. The molecule has 0 aliphatic heterocycles. The van der Waals surface area contributed by atoms with E-state index in [9.17, 15) is 0 Å². The third-order valence-corrected chi connectivity index (χ3v) is 1.53. The molecule has 0 aliphatic rings. The Kier molecular flexibility index (Phi) is 12.7. The first kappa shape index (κ1) is 14.3. The summed E-state index contributed by atoms with van der Waals surface area (Å²) in [5.74, 6) is 0. The van der Waals surface area contributed by atoms with Crippen LogP contribution in [0.5, 0.6) is 0 Å². The molecule has 88 valence electrons. The summed E-state index contributed by atoms with van der Waals surface area (Å²) in [7, 11) is 1.64. The molecule has 0 saturated heterocycles. The van der Waals surface area contributed by atoms with Crippen LogP contribution in [0.1, 0.15) is 6.42 Å². The van der Waals surface area contributed by atoms with Crippen LogP contribution in [0.15, 0.2) is 0 Å². The van der Waals surface area contributed by atoms with Crippen LogP contribution in [-0.2, 0) is 18.9 Å². The van der Waals surface area contributed by atoms with Gasteiger partial charge in [-0.05, 0) is 0 Å². The molecule has 0 unspecified atom stereocenters. The van der Waals surface area contributed by atoms with Gasteiger partial charge in [0.05, 0.1) is 58.7 Å². The Balaban J connectivity index is 2.84. The standard InChI is InChI=1S/C10H19NO4/c1-12-5-6-14-9-10-15-8-7-13-4-2-3-11/h2,4-10H2,1H3. The fourth-order valence-electron chi connectivity index (χ4n) is 0.802. The first-order valence-electron chi connectivity index (χ1n) is 5.01. The Hall–Kier alpha value is -0.670. The minimum atomic E-state index is 0.431. The smallest absolute Gasteiger partial charge is 0.0701 e. The van der Waals surface area contributed by atoms with Crippen molar-refractivity contribution in [2.24, 2.45) is 0 Å². The van der Waals surface area contributed by atoms with Gasteiger partial charge in [-0.15, -0.1) is 0 Å². The van der Waals surface area contributed by atoms with Gasteiger partial charge in [0, 0.05) is 7.11 Å². The van der Waals surface area contributed by atoms with Crippen molar-refractivity contribution in [2.45, 2.75) is 6.42 Å². The molecule has 0 radical (unpaired) electrons. The molecular formula is C10H19NO4. The first-order chi connectivity index (χ1) is 7.41. The van der Waals surface area contributed by atoms with Gasteiger partial charge in [-0.3, -0.25) is 0 Å². The zero-order valence-electron chi connectivity index (χ0n) is 9.24. The summed E-state index contributed by atoms with van der Waals surface area (Å²) >= 11 is 0. The van der Waals surface area contributed by atoms with E-state index in [1.54, 1.807) is 7.11 Å². The Morgan fingerprint density at radius 2 is 1.27 bits per heavy atom. The minimum Gasteiger partial charge on any atom is -0.382 e. The molecule has 0 fully saturated rings. The fraction of sp³-hybridized carbons (Fsp3) is 0.900. The summed E-state index contributed by atoms with van der Waals surface area (Å²) in [6, 6.07) is 2.00. The van der Waals surface area contributed by atoms with E-state index in [0.717, 1.165) is 0 Å². The topological polar surface area (TPSA) is 60.7 Å². The van der Waals surface area contributed by atoms with Gasteiger partial charge in [0.2, 0.25) is 0 Å². The average molecular weight is 217 g/mol. The van der Waals surface area contributed by atoms with E-state index in [-0.39, 0.29) is 0 Å². The number of rotatable bonds is 11. The molecule has 0 aromatic rings. The predicted molar refractivity (Wildman–Crippen MR) is 54.6 cm³/mol. The second-order valence-electron chi connectivity index (χ2n) is 2.74. The molecule has 0 spiro atoms. The molecule has 5 nitrogen and oxygen atoms in total. The van der Waals surface area contributed by atoms with Gasteiger partial charge in [-0.2, -0.15) is 5.26 Å². The zero-order valence-corrected chi connectivity index (χ0v) is 9.24. The van der Waals surface area contributed by atoms with Crippen LogP contribution in [0.4, 0.5) is 0 Å². The van der Waals surface area contributed by atoms with Gasteiger partial charge in [0.15, 0.2) is 0 Å². The van der Waals surface area contributed by atoms with Crippen molar-refractivity contribution in [3.05, 3.63) is 0 Å². The Morgan fingerprint density at radius 3 is 1.73 bits per heavy atom. The number of hydrogen-bond acceptors (Lipinski definition) is 5. The third kappa shape index (κ3) is 13.3. The van der Waals surface area contributed by atoms with Crippen molar-refractivity contribution in [3.63, 3.8) is 0 Å². The van der Waals surface area contributed by atoms with Crippen LogP contribution in [0.3, 0.4) is 0 Å². The molecule has 0 heterocycles. The quantitative estimate of drug-likeness (QED) is 0.474. The Morgan fingerprint density at radius 1 is 0.800 bits per heavy atom. The van der Waals surface area contributed by atoms with Gasteiger partial charge in [-0.25, -0.2) is 0 Å². The SMILES string of the molecule is COCCOCCOCCOCCC#N. The van der Waals surface area contributed by atoms with Crippen molar-refractivity contribution in [1.82, 2.24) is 0 Å². The minimum absolute atomic E-state index is 0.431. The predicted octanol–water partition coefficient (Wildman–Crippen LogP) is 0.596. The second-order valence-corrected chi connectivity index (χ2v) is 2.74. The van der Waals surface area contributed by atoms with Crippen LogP contribution in [-0.4, -0.2) is 53.4 Å². The molecule has 0 bridgehead atoms. The number of nitriles is 1. The molecule has 0 N–H and O–H groups in total. The first-order valence-corrected chi connectivity index (χ1v) is 5.01. The summed E-state index contributed by atoms with van der Waals surface area (Å²) in [6.45, 7) is 3.88. The van der Waals surface area contributed by atoms with E-state index < -0.39 is 0 Å². The van der Waals surface area contributed by atoms with Crippen molar-refractivity contribution >= 4 is 0 Å². The van der Waals surface area contributed by atoms with Crippen LogP contribution in [0.2, 0.25) is 0 Å². The third-order valence-electron chi connectivity index (χ3n) is 1.53. The average Bonchev–Trinajstić information content (AvgIpc) is 2.26. The highest BCUT2D eigenvalue weighted by molar-refractivity contribution is 4.66. The molecule has 0 rings (SSSR count). The maximum absolute atomic E-state index is 8.22. The fourth-order valence-corrected chi connectivity index (χ4v) is 0.802. The Labute approximate surface area is 90.9 Å².